The molecule has 1 N–H and O–H groups in total. The fraction of sp³-hybridized carbons (Fsp3) is 0.300. The highest BCUT2D eigenvalue weighted by molar-refractivity contribution is 5.52. The predicted octanol–water partition coefficient (Wildman–Crippen LogP) is 1.53. The molecule has 0 atom stereocenters. The Hall–Kier alpha value is -1.69. The minimum absolute atomic E-state index is 0.478. The van der Waals surface area contributed by atoms with Crippen molar-refractivity contribution in [1.29, 1.82) is 0 Å². The van der Waals surface area contributed by atoms with Crippen LogP contribution < -0.4 is 10.1 Å². The molecule has 0 bridgehead atoms. The van der Waals surface area contributed by atoms with Gasteiger partial charge in [-0.2, -0.15) is 0 Å². The van der Waals surface area contributed by atoms with Gasteiger partial charge in [-0.25, -0.2) is 4.98 Å². The summed E-state index contributed by atoms with van der Waals surface area (Å²) in [6, 6.07) is 3.72. The molecular weight excluding hydrogens is 164 g/mol. The van der Waals surface area contributed by atoms with Crippen LogP contribution in [0.25, 0.3) is 0 Å². The van der Waals surface area contributed by atoms with Gasteiger partial charge in [-0.3, -0.25) is 0 Å². The molecule has 3 nitrogen and oxygen atoms in total. The number of anilines is 1. The van der Waals surface area contributed by atoms with E-state index in [9.17, 15) is 0 Å². The van der Waals surface area contributed by atoms with Gasteiger partial charge in [-0.05, 0) is 19.1 Å². The molecule has 13 heavy (non-hydrogen) atoms. The van der Waals surface area contributed by atoms with Gasteiger partial charge in [0.1, 0.15) is 0 Å². The van der Waals surface area contributed by atoms with E-state index in [1.54, 1.807) is 6.20 Å². The summed E-state index contributed by atoms with van der Waals surface area (Å²) < 4.78 is 5.29. The van der Waals surface area contributed by atoms with E-state index in [1.807, 2.05) is 19.1 Å². The molecule has 68 valence electrons. The van der Waals surface area contributed by atoms with Gasteiger partial charge in [0.25, 0.3) is 0 Å². The highest BCUT2D eigenvalue weighted by Crippen LogP contribution is 2.19. The minimum Gasteiger partial charge on any atom is -0.476 e. The monoisotopic (exact) mass is 176 g/mol. The summed E-state index contributed by atoms with van der Waals surface area (Å²) in [5.74, 6) is 3.09. The molecule has 1 aromatic rings. The van der Waals surface area contributed by atoms with Gasteiger partial charge in [0.05, 0.1) is 18.8 Å². The van der Waals surface area contributed by atoms with Crippen LogP contribution in [0.15, 0.2) is 18.3 Å². The topological polar surface area (TPSA) is 34.2 Å². The number of aromatic nitrogens is 1. The van der Waals surface area contributed by atoms with Crippen molar-refractivity contribution in [2.24, 2.45) is 0 Å². The van der Waals surface area contributed by atoms with Gasteiger partial charge in [-0.1, -0.05) is 5.92 Å². The summed E-state index contributed by atoms with van der Waals surface area (Å²) in [5, 5.41) is 3.02. The first-order valence-electron chi connectivity index (χ1n) is 4.13. The number of ether oxygens (including phenoxy) is 1. The molecule has 0 saturated carbocycles. The van der Waals surface area contributed by atoms with Crippen molar-refractivity contribution < 1.29 is 4.74 Å². The molecule has 0 aliphatic rings. The van der Waals surface area contributed by atoms with E-state index in [2.05, 4.69) is 16.2 Å². The second-order valence-corrected chi connectivity index (χ2v) is 2.35. The van der Waals surface area contributed by atoms with Crippen LogP contribution in [0.2, 0.25) is 0 Å². The summed E-state index contributed by atoms with van der Waals surface area (Å²) >= 11 is 0. The first kappa shape index (κ1) is 9.40. The lowest BCUT2D eigenvalue weighted by Gasteiger charge is -2.08. The van der Waals surface area contributed by atoms with Gasteiger partial charge in [0, 0.05) is 6.20 Å². The maximum absolute atomic E-state index is 5.29. The molecular formula is C10H12N2O. The van der Waals surface area contributed by atoms with Crippen LogP contribution in [-0.2, 0) is 0 Å². The van der Waals surface area contributed by atoms with Gasteiger partial charge in [0.2, 0.25) is 5.88 Å². The second kappa shape index (κ2) is 5.04. The SMILES string of the molecule is C#CCNc1cccnc1OCC. The zero-order chi connectivity index (χ0) is 9.52. The van der Waals surface area contributed by atoms with Crippen molar-refractivity contribution in [2.45, 2.75) is 6.92 Å². The molecule has 3 heteroatoms. The number of rotatable bonds is 4. The Morgan fingerprint density at radius 1 is 1.69 bits per heavy atom. The summed E-state index contributed by atoms with van der Waals surface area (Å²) in [6.07, 6.45) is 6.81. The minimum atomic E-state index is 0.478. The lowest BCUT2D eigenvalue weighted by molar-refractivity contribution is 0.328. The van der Waals surface area contributed by atoms with Crippen molar-refractivity contribution in [3.05, 3.63) is 18.3 Å². The smallest absolute Gasteiger partial charge is 0.237 e. The predicted molar refractivity (Wildman–Crippen MR) is 52.7 cm³/mol. The molecule has 0 aliphatic carbocycles. The molecule has 1 rings (SSSR count). The fourth-order valence-electron chi connectivity index (χ4n) is 0.923. The van der Waals surface area contributed by atoms with Crippen molar-refractivity contribution in [1.82, 2.24) is 4.98 Å². The average Bonchev–Trinajstić information content (AvgIpc) is 2.17. The first-order valence-corrected chi connectivity index (χ1v) is 4.13. The Labute approximate surface area is 78.1 Å². The third-order valence-corrected chi connectivity index (χ3v) is 1.43. The molecule has 1 aromatic heterocycles. The molecule has 0 unspecified atom stereocenters. The van der Waals surface area contributed by atoms with E-state index in [4.69, 9.17) is 11.2 Å². The van der Waals surface area contributed by atoms with E-state index in [0.717, 1.165) is 5.69 Å². The molecule has 0 aliphatic heterocycles. The van der Waals surface area contributed by atoms with Crippen molar-refractivity contribution in [3.8, 4) is 18.2 Å². The Kier molecular flexibility index (Phi) is 3.65. The van der Waals surface area contributed by atoms with Crippen LogP contribution in [-0.4, -0.2) is 18.1 Å². The average molecular weight is 176 g/mol. The van der Waals surface area contributed by atoms with E-state index >= 15 is 0 Å². The number of terminal acetylenes is 1. The van der Waals surface area contributed by atoms with E-state index in [-0.39, 0.29) is 0 Å². The summed E-state index contributed by atoms with van der Waals surface area (Å²) in [6.45, 7) is 2.99. The Balaban J connectivity index is 2.73. The Morgan fingerprint density at radius 2 is 2.54 bits per heavy atom. The number of hydrogen-bond donors (Lipinski definition) is 1. The summed E-state index contributed by atoms with van der Waals surface area (Å²) in [5.41, 5.74) is 0.835. The number of pyridine rings is 1. The highest BCUT2D eigenvalue weighted by atomic mass is 16.5. The molecule has 1 heterocycles. The maximum atomic E-state index is 5.29. The maximum Gasteiger partial charge on any atom is 0.237 e. The fourth-order valence-corrected chi connectivity index (χ4v) is 0.923. The zero-order valence-corrected chi connectivity index (χ0v) is 7.58. The molecule has 0 saturated heterocycles. The standard InChI is InChI=1S/C10H12N2O/c1-3-7-11-9-6-5-8-12-10(9)13-4-2/h1,5-6,8,11H,4,7H2,2H3. The largest absolute Gasteiger partial charge is 0.476 e. The van der Waals surface area contributed by atoms with Crippen LogP contribution in [0.1, 0.15) is 6.92 Å². The van der Waals surface area contributed by atoms with Gasteiger partial charge in [0.15, 0.2) is 0 Å². The Morgan fingerprint density at radius 3 is 3.23 bits per heavy atom. The summed E-state index contributed by atoms with van der Waals surface area (Å²) in [7, 11) is 0. The first-order chi connectivity index (χ1) is 6.38. The normalized spacial score (nSPS) is 8.92. The van der Waals surface area contributed by atoms with Gasteiger partial charge >= 0.3 is 0 Å². The second-order valence-electron chi connectivity index (χ2n) is 2.35. The van der Waals surface area contributed by atoms with Crippen LogP contribution in [0, 0.1) is 12.3 Å². The van der Waals surface area contributed by atoms with Gasteiger partial charge in [-0.15, -0.1) is 6.42 Å². The molecule has 0 aromatic carbocycles. The van der Waals surface area contributed by atoms with Crippen LogP contribution in [0.4, 0.5) is 5.69 Å². The van der Waals surface area contributed by atoms with Crippen molar-refractivity contribution >= 4 is 5.69 Å². The lowest BCUT2D eigenvalue weighted by atomic mass is 10.4. The van der Waals surface area contributed by atoms with E-state index in [0.29, 0.717) is 19.0 Å². The number of nitrogens with zero attached hydrogens (tertiary/aromatic N) is 1. The van der Waals surface area contributed by atoms with Crippen molar-refractivity contribution in [2.75, 3.05) is 18.5 Å². The molecule has 0 fully saturated rings. The highest BCUT2D eigenvalue weighted by Gasteiger charge is 2.00. The third kappa shape index (κ3) is 2.68. The lowest BCUT2D eigenvalue weighted by Crippen LogP contribution is -2.03. The zero-order valence-electron chi connectivity index (χ0n) is 7.58. The van der Waals surface area contributed by atoms with Crippen LogP contribution in [0.3, 0.4) is 0 Å². The molecule has 0 radical (unpaired) electrons. The number of hydrogen-bond acceptors (Lipinski definition) is 3. The molecule has 0 spiro atoms. The van der Waals surface area contributed by atoms with Crippen LogP contribution >= 0.6 is 0 Å². The molecule has 0 amide bonds. The van der Waals surface area contributed by atoms with E-state index in [1.165, 1.54) is 0 Å². The quantitative estimate of drug-likeness (QED) is 0.706. The van der Waals surface area contributed by atoms with Crippen molar-refractivity contribution in [3.63, 3.8) is 0 Å². The number of nitrogens with one attached hydrogen (secondary N) is 1. The van der Waals surface area contributed by atoms with Crippen LogP contribution in [0.5, 0.6) is 5.88 Å². The third-order valence-electron chi connectivity index (χ3n) is 1.43. The summed E-state index contributed by atoms with van der Waals surface area (Å²) in [4.78, 5) is 4.07. The Bertz CT molecular complexity index is 304. The van der Waals surface area contributed by atoms with Gasteiger partial charge < -0.3 is 10.1 Å². The van der Waals surface area contributed by atoms with E-state index < -0.39 is 0 Å².